The Morgan fingerprint density at radius 3 is 2.69 bits per heavy atom. The molecule has 0 fully saturated rings. The molecule has 8 nitrogen and oxygen atoms in total. The fourth-order valence-electron chi connectivity index (χ4n) is 2.42. The van der Waals surface area contributed by atoms with Gasteiger partial charge < -0.3 is 9.84 Å². The number of aliphatic hydroxyl groups excluding tert-OH is 1. The molecule has 0 radical (unpaired) electrons. The highest BCUT2D eigenvalue weighted by molar-refractivity contribution is 9.10. The van der Waals surface area contributed by atoms with E-state index in [0.29, 0.717) is 15.9 Å². The first-order valence-corrected chi connectivity index (χ1v) is 8.51. The minimum Gasteiger partial charge on any atom is -0.486 e. The summed E-state index contributed by atoms with van der Waals surface area (Å²) in [6.07, 6.45) is 1.70. The van der Waals surface area contributed by atoms with E-state index in [1.165, 1.54) is 18.2 Å². The van der Waals surface area contributed by atoms with E-state index in [9.17, 15) is 15.2 Å². The lowest BCUT2D eigenvalue weighted by atomic mass is 10.1. The summed E-state index contributed by atoms with van der Waals surface area (Å²) in [6, 6.07) is 13.4. The number of ether oxygens (including phenoxy) is 1. The van der Waals surface area contributed by atoms with Crippen LogP contribution in [0.4, 0.5) is 5.69 Å². The Labute approximate surface area is 157 Å². The number of aliphatic hydroxyl groups is 1. The maximum absolute atomic E-state index is 10.8. The van der Waals surface area contributed by atoms with Gasteiger partial charge in [0.05, 0.1) is 22.2 Å². The molecule has 9 heteroatoms. The van der Waals surface area contributed by atoms with Crippen molar-refractivity contribution in [3.63, 3.8) is 0 Å². The highest BCUT2D eigenvalue weighted by Gasteiger charge is 2.15. The summed E-state index contributed by atoms with van der Waals surface area (Å²) in [4.78, 5) is 10.3. The van der Waals surface area contributed by atoms with Gasteiger partial charge in [-0.3, -0.25) is 10.1 Å². The summed E-state index contributed by atoms with van der Waals surface area (Å²) < 4.78 is 7.71. The molecule has 3 rings (SSSR count). The van der Waals surface area contributed by atoms with Crippen molar-refractivity contribution in [2.24, 2.45) is 0 Å². The van der Waals surface area contributed by atoms with Crippen LogP contribution in [0.1, 0.15) is 17.3 Å². The van der Waals surface area contributed by atoms with E-state index >= 15 is 0 Å². The zero-order chi connectivity index (χ0) is 18.5. The lowest BCUT2D eigenvalue weighted by Gasteiger charge is -2.14. The number of hydrogen-bond acceptors (Lipinski definition) is 6. The smallest absolute Gasteiger partial charge is 0.270 e. The number of halogens is 1. The van der Waals surface area contributed by atoms with E-state index in [0.717, 1.165) is 5.56 Å². The Morgan fingerprint density at radius 2 is 2.04 bits per heavy atom. The minimum atomic E-state index is -0.473. The van der Waals surface area contributed by atoms with Gasteiger partial charge in [0.2, 0.25) is 0 Å². The van der Waals surface area contributed by atoms with Gasteiger partial charge in [-0.1, -0.05) is 35.5 Å². The highest BCUT2D eigenvalue weighted by atomic mass is 79.9. The van der Waals surface area contributed by atoms with E-state index in [2.05, 4.69) is 26.2 Å². The lowest BCUT2D eigenvalue weighted by molar-refractivity contribution is -0.385. The van der Waals surface area contributed by atoms with Crippen molar-refractivity contribution in [2.75, 3.05) is 6.61 Å². The largest absolute Gasteiger partial charge is 0.486 e. The van der Waals surface area contributed by atoms with Crippen LogP contribution >= 0.6 is 15.9 Å². The van der Waals surface area contributed by atoms with E-state index < -0.39 is 4.92 Å². The van der Waals surface area contributed by atoms with Crippen LogP contribution in [0.5, 0.6) is 5.75 Å². The van der Waals surface area contributed by atoms with E-state index in [-0.39, 0.29) is 24.9 Å². The van der Waals surface area contributed by atoms with Gasteiger partial charge in [-0.05, 0) is 27.6 Å². The second-order valence-electron chi connectivity index (χ2n) is 5.46. The molecule has 0 bridgehead atoms. The second kappa shape index (κ2) is 8.07. The summed E-state index contributed by atoms with van der Waals surface area (Å²) in [7, 11) is 0. The normalized spacial score (nSPS) is 11.9. The third-order valence-corrected chi connectivity index (χ3v) is 4.36. The van der Waals surface area contributed by atoms with Crippen LogP contribution in [0.15, 0.2) is 59.2 Å². The number of hydrogen-bond donors (Lipinski definition) is 1. The average Bonchev–Trinajstić information content (AvgIpc) is 3.10. The van der Waals surface area contributed by atoms with E-state index in [1.54, 1.807) is 10.9 Å². The Hall–Kier alpha value is -2.78. The standard InChI is InChI=1S/C17H15BrN4O4/c18-15-8-14(22(24)25)6-7-17(15)26-11-13-9-21(20-19-13)16(10-23)12-4-2-1-3-5-12/h1-9,16,23H,10-11H2/t16-/m1/s1. The predicted octanol–water partition coefficient (Wildman–Crippen LogP) is 3.11. The molecule has 0 aliphatic heterocycles. The Kier molecular flexibility index (Phi) is 5.59. The van der Waals surface area contributed by atoms with Crippen molar-refractivity contribution in [2.45, 2.75) is 12.6 Å². The maximum atomic E-state index is 10.8. The zero-order valence-electron chi connectivity index (χ0n) is 13.5. The molecular weight excluding hydrogens is 404 g/mol. The zero-order valence-corrected chi connectivity index (χ0v) is 15.1. The van der Waals surface area contributed by atoms with Crippen LogP contribution in [0, 0.1) is 10.1 Å². The molecule has 1 atom stereocenters. The van der Waals surface area contributed by atoms with Gasteiger partial charge in [-0.25, -0.2) is 4.68 Å². The molecule has 2 aromatic carbocycles. The molecule has 1 N–H and O–H groups in total. The summed E-state index contributed by atoms with van der Waals surface area (Å²) in [5.41, 5.74) is 1.47. The summed E-state index contributed by atoms with van der Waals surface area (Å²) in [5.74, 6) is 0.465. The van der Waals surface area contributed by atoms with Crippen molar-refractivity contribution in [3.8, 4) is 5.75 Å². The number of rotatable bonds is 7. The van der Waals surface area contributed by atoms with Gasteiger partial charge >= 0.3 is 0 Å². The van der Waals surface area contributed by atoms with Gasteiger partial charge in [0, 0.05) is 12.1 Å². The number of benzene rings is 2. The topological polar surface area (TPSA) is 103 Å². The Bertz CT molecular complexity index is 901. The summed E-state index contributed by atoms with van der Waals surface area (Å²) in [6.45, 7) is 0.0327. The van der Waals surface area contributed by atoms with Crippen LogP contribution in [0.2, 0.25) is 0 Å². The van der Waals surface area contributed by atoms with Crippen LogP contribution in [-0.2, 0) is 6.61 Å². The third-order valence-electron chi connectivity index (χ3n) is 3.74. The number of aromatic nitrogens is 3. The van der Waals surface area contributed by atoms with Crippen molar-refractivity contribution in [1.82, 2.24) is 15.0 Å². The minimum absolute atomic E-state index is 0.0242. The molecule has 0 aliphatic carbocycles. The third kappa shape index (κ3) is 4.06. The predicted molar refractivity (Wildman–Crippen MR) is 96.8 cm³/mol. The van der Waals surface area contributed by atoms with E-state index in [1.807, 2.05) is 30.3 Å². The van der Waals surface area contributed by atoms with Crippen LogP contribution in [0.3, 0.4) is 0 Å². The monoisotopic (exact) mass is 418 g/mol. The van der Waals surface area contributed by atoms with Crippen LogP contribution in [0.25, 0.3) is 0 Å². The number of nitro benzene ring substituents is 1. The van der Waals surface area contributed by atoms with Gasteiger partial charge in [0.1, 0.15) is 24.1 Å². The molecule has 0 saturated heterocycles. The van der Waals surface area contributed by atoms with Gasteiger partial charge in [0.15, 0.2) is 0 Å². The van der Waals surface area contributed by atoms with Crippen LogP contribution < -0.4 is 4.74 Å². The molecule has 0 amide bonds. The first-order chi connectivity index (χ1) is 12.6. The average molecular weight is 419 g/mol. The Morgan fingerprint density at radius 1 is 1.27 bits per heavy atom. The molecule has 0 aliphatic rings. The van der Waals surface area contributed by atoms with Gasteiger partial charge in [0.25, 0.3) is 5.69 Å². The fourth-order valence-corrected chi connectivity index (χ4v) is 2.90. The maximum Gasteiger partial charge on any atom is 0.270 e. The fraction of sp³-hybridized carbons (Fsp3) is 0.176. The molecule has 0 spiro atoms. The van der Waals surface area contributed by atoms with Gasteiger partial charge in [-0.15, -0.1) is 5.10 Å². The number of non-ortho nitro benzene ring substituents is 1. The molecular formula is C17H15BrN4O4. The second-order valence-corrected chi connectivity index (χ2v) is 6.31. The number of nitrogens with zero attached hydrogens (tertiary/aromatic N) is 4. The number of nitro groups is 1. The van der Waals surface area contributed by atoms with E-state index in [4.69, 9.17) is 4.74 Å². The summed E-state index contributed by atoms with van der Waals surface area (Å²) in [5, 5.41) is 28.6. The van der Waals surface area contributed by atoms with Crippen molar-refractivity contribution >= 4 is 21.6 Å². The van der Waals surface area contributed by atoms with Crippen molar-refractivity contribution < 1.29 is 14.8 Å². The molecule has 3 aromatic rings. The highest BCUT2D eigenvalue weighted by Crippen LogP contribution is 2.29. The summed E-state index contributed by atoms with van der Waals surface area (Å²) >= 11 is 3.26. The molecule has 1 aromatic heterocycles. The van der Waals surface area contributed by atoms with Crippen molar-refractivity contribution in [1.29, 1.82) is 0 Å². The van der Waals surface area contributed by atoms with Gasteiger partial charge in [-0.2, -0.15) is 0 Å². The molecule has 0 saturated carbocycles. The molecule has 26 heavy (non-hydrogen) atoms. The van der Waals surface area contributed by atoms with Crippen molar-refractivity contribution in [3.05, 3.63) is 80.6 Å². The quantitative estimate of drug-likeness (QED) is 0.466. The lowest BCUT2D eigenvalue weighted by Crippen LogP contribution is -2.15. The molecule has 134 valence electrons. The molecule has 1 heterocycles. The first kappa shape index (κ1) is 18.0. The Balaban J connectivity index is 1.70. The van der Waals surface area contributed by atoms with Crippen LogP contribution in [-0.4, -0.2) is 31.6 Å². The molecule has 0 unspecified atom stereocenters. The first-order valence-electron chi connectivity index (χ1n) is 7.71. The SMILES string of the molecule is O=[N+]([O-])c1ccc(OCc2cn([C@H](CO)c3ccccc3)nn2)c(Br)c1.